The highest BCUT2D eigenvalue weighted by molar-refractivity contribution is 6.40. The fourth-order valence-corrected chi connectivity index (χ4v) is 5.54. The number of hydrogen-bond donors (Lipinski definition) is 0. The first-order valence-electron chi connectivity index (χ1n) is 14.5. The van der Waals surface area contributed by atoms with E-state index in [-0.39, 0.29) is 0 Å². The standard InChI is InChI=1S/C33H9BF18O3/c1-4-13(35)7-10(22(44)28(50)25(47)19(7)41)31(16(4)38)53-34(54-32-11-8(14(36)5(2)17(32)39)20(42)26(48)29(51)23(11)45)55-33-12-9(15(37)6(3)18(33)40)21(43)27(49)30(52)24(12)46/h1-3H3. The number of fused-ring (bicyclic) bond motifs is 3. The Hall–Kier alpha value is -5.70. The van der Waals surface area contributed by atoms with E-state index >= 15 is 39.5 Å². The highest BCUT2D eigenvalue weighted by atomic mass is 19.2. The Morgan fingerprint density at radius 1 is 0.236 bits per heavy atom. The number of halogens is 18. The molecule has 0 aliphatic heterocycles. The number of benzene rings is 6. The van der Waals surface area contributed by atoms with E-state index in [1.807, 2.05) is 0 Å². The first kappa shape index (κ1) is 39.0. The quantitative estimate of drug-likeness (QED) is 0.0726. The van der Waals surface area contributed by atoms with Gasteiger partial charge in [-0.05, 0) is 20.8 Å². The van der Waals surface area contributed by atoms with Crippen LogP contribution >= 0.6 is 0 Å². The Kier molecular flexibility index (Phi) is 9.40. The summed E-state index contributed by atoms with van der Waals surface area (Å²) in [6, 6.07) is 0. The van der Waals surface area contributed by atoms with Gasteiger partial charge in [0.25, 0.3) is 0 Å². The van der Waals surface area contributed by atoms with Gasteiger partial charge in [-0.1, -0.05) is 0 Å². The zero-order chi connectivity index (χ0) is 41.0. The van der Waals surface area contributed by atoms with Crippen LogP contribution in [0.25, 0.3) is 32.3 Å². The van der Waals surface area contributed by atoms with E-state index in [1.165, 1.54) is 0 Å². The highest BCUT2D eigenvalue weighted by Crippen LogP contribution is 2.44. The molecule has 22 heteroatoms. The second-order valence-electron chi connectivity index (χ2n) is 11.4. The van der Waals surface area contributed by atoms with Gasteiger partial charge in [-0.2, -0.15) is 0 Å². The van der Waals surface area contributed by atoms with Crippen LogP contribution in [0.5, 0.6) is 17.2 Å². The van der Waals surface area contributed by atoms with E-state index in [4.69, 9.17) is 14.0 Å². The van der Waals surface area contributed by atoms with Crippen LogP contribution in [0.4, 0.5) is 79.0 Å². The van der Waals surface area contributed by atoms with Crippen LogP contribution in [-0.2, 0) is 0 Å². The van der Waals surface area contributed by atoms with Gasteiger partial charge < -0.3 is 14.0 Å². The Morgan fingerprint density at radius 2 is 0.418 bits per heavy atom. The lowest BCUT2D eigenvalue weighted by molar-refractivity contribution is 0.289. The van der Waals surface area contributed by atoms with Crippen LogP contribution in [0.2, 0.25) is 0 Å². The van der Waals surface area contributed by atoms with Crippen LogP contribution in [-0.4, -0.2) is 7.32 Å². The largest absolute Gasteiger partial charge is 0.864 e. The lowest BCUT2D eigenvalue weighted by Crippen LogP contribution is -2.38. The van der Waals surface area contributed by atoms with Gasteiger partial charge in [0.1, 0.15) is 17.5 Å². The van der Waals surface area contributed by atoms with Crippen molar-refractivity contribution in [2.24, 2.45) is 0 Å². The molecule has 0 heterocycles. The molecule has 0 fully saturated rings. The number of hydrogen-bond acceptors (Lipinski definition) is 3. The maximum atomic E-state index is 15.7. The first-order chi connectivity index (χ1) is 25.6. The molecule has 0 saturated heterocycles. The summed E-state index contributed by atoms with van der Waals surface area (Å²) < 4.78 is 282. The van der Waals surface area contributed by atoms with E-state index in [2.05, 4.69) is 0 Å². The molecule has 6 rings (SSSR count). The van der Waals surface area contributed by atoms with Crippen LogP contribution in [0.15, 0.2) is 0 Å². The molecule has 0 aromatic heterocycles. The van der Waals surface area contributed by atoms with Crippen molar-refractivity contribution in [3.05, 3.63) is 121 Å². The van der Waals surface area contributed by atoms with Gasteiger partial charge in [0.2, 0.25) is 0 Å². The first-order valence-corrected chi connectivity index (χ1v) is 14.5. The Labute approximate surface area is 292 Å². The Bertz CT molecular complexity index is 2400. The van der Waals surface area contributed by atoms with Crippen molar-refractivity contribution in [1.29, 1.82) is 0 Å². The summed E-state index contributed by atoms with van der Waals surface area (Å²) in [5.41, 5.74) is -4.36. The van der Waals surface area contributed by atoms with Crippen molar-refractivity contribution < 1.29 is 93.0 Å². The van der Waals surface area contributed by atoms with Gasteiger partial charge in [0.15, 0.2) is 105 Å². The summed E-state index contributed by atoms with van der Waals surface area (Å²) in [5, 5.41) is -12.1. The molecule has 0 aliphatic rings. The van der Waals surface area contributed by atoms with E-state index < -0.39 is 178 Å². The predicted octanol–water partition coefficient (Wildman–Crippen LogP) is 11.1. The summed E-state index contributed by atoms with van der Waals surface area (Å²) in [5.74, 6) is -51.7. The van der Waals surface area contributed by atoms with E-state index in [9.17, 15) is 39.5 Å². The summed E-state index contributed by atoms with van der Waals surface area (Å²) in [4.78, 5) is 0. The summed E-state index contributed by atoms with van der Waals surface area (Å²) in [7, 11) is -3.70. The second kappa shape index (κ2) is 13.3. The smallest absolute Gasteiger partial charge is 0.486 e. The highest BCUT2D eigenvalue weighted by Gasteiger charge is 2.42. The monoisotopic (exact) mass is 806 g/mol. The molecule has 288 valence electrons. The van der Waals surface area contributed by atoms with Gasteiger partial charge >= 0.3 is 7.32 Å². The Balaban J connectivity index is 1.74. The van der Waals surface area contributed by atoms with Crippen LogP contribution in [0.1, 0.15) is 16.7 Å². The van der Waals surface area contributed by atoms with Gasteiger partial charge in [-0.25, -0.2) is 79.0 Å². The average Bonchev–Trinajstić information content (AvgIpc) is 3.15. The van der Waals surface area contributed by atoms with Crippen molar-refractivity contribution in [2.75, 3.05) is 0 Å². The molecule has 0 spiro atoms. The third kappa shape index (κ3) is 5.41. The molecule has 3 nitrogen and oxygen atoms in total. The fourth-order valence-electron chi connectivity index (χ4n) is 5.54. The van der Waals surface area contributed by atoms with Crippen molar-refractivity contribution in [3.8, 4) is 17.2 Å². The zero-order valence-corrected chi connectivity index (χ0v) is 26.6. The van der Waals surface area contributed by atoms with Crippen molar-refractivity contribution in [2.45, 2.75) is 20.8 Å². The summed E-state index contributed by atoms with van der Waals surface area (Å²) in [6.45, 7) is 1.26. The van der Waals surface area contributed by atoms with E-state index in [1.54, 1.807) is 0 Å². The molecule has 0 atom stereocenters. The predicted molar refractivity (Wildman–Crippen MR) is 153 cm³/mol. The number of rotatable bonds is 6. The molecular formula is C33H9BF18O3. The normalized spacial score (nSPS) is 11.7. The molecule has 0 radical (unpaired) electrons. The lowest BCUT2D eigenvalue weighted by atomic mass is 10.00. The molecule has 55 heavy (non-hydrogen) atoms. The molecule has 6 aromatic carbocycles. The molecule has 0 aliphatic carbocycles. The van der Waals surface area contributed by atoms with Crippen molar-refractivity contribution >= 4 is 39.6 Å². The van der Waals surface area contributed by atoms with Crippen molar-refractivity contribution in [1.82, 2.24) is 0 Å². The average molecular weight is 806 g/mol. The molecule has 0 N–H and O–H groups in total. The van der Waals surface area contributed by atoms with Gasteiger partial charge in [0.05, 0.1) is 32.3 Å². The van der Waals surface area contributed by atoms with Crippen LogP contribution in [0, 0.1) is 125 Å². The lowest BCUT2D eigenvalue weighted by Gasteiger charge is -2.23. The van der Waals surface area contributed by atoms with Crippen molar-refractivity contribution in [3.63, 3.8) is 0 Å². The molecule has 0 saturated carbocycles. The van der Waals surface area contributed by atoms with Crippen LogP contribution < -0.4 is 14.0 Å². The third-order valence-electron chi connectivity index (χ3n) is 8.36. The van der Waals surface area contributed by atoms with Crippen LogP contribution in [0.3, 0.4) is 0 Å². The minimum atomic E-state index is -3.70. The van der Waals surface area contributed by atoms with Gasteiger partial charge in [0, 0.05) is 16.7 Å². The van der Waals surface area contributed by atoms with E-state index in [0.717, 1.165) is 0 Å². The zero-order valence-electron chi connectivity index (χ0n) is 26.6. The minimum Gasteiger partial charge on any atom is -0.486 e. The molecular weight excluding hydrogens is 797 g/mol. The summed E-state index contributed by atoms with van der Waals surface area (Å²) in [6.07, 6.45) is 0. The maximum Gasteiger partial charge on any atom is 0.864 e. The SMILES string of the molecule is Cc1c(F)c(OB(Oc2c(F)c(C)c(F)c3c(F)c(F)c(F)c(F)c23)Oc2c(F)c(C)c(F)c3c(F)c(F)c(F)c(F)c23)c2c(F)c(F)c(F)c(F)c2c1F. The molecule has 0 bridgehead atoms. The minimum absolute atomic E-state index is 0.421. The molecule has 0 amide bonds. The second-order valence-corrected chi connectivity index (χ2v) is 11.4. The van der Waals surface area contributed by atoms with Gasteiger partial charge in [-0.15, -0.1) is 0 Å². The van der Waals surface area contributed by atoms with Gasteiger partial charge in [-0.3, -0.25) is 0 Å². The topological polar surface area (TPSA) is 27.7 Å². The Morgan fingerprint density at radius 3 is 0.618 bits per heavy atom. The maximum absolute atomic E-state index is 15.7. The molecule has 0 unspecified atom stereocenters. The third-order valence-corrected chi connectivity index (χ3v) is 8.36. The summed E-state index contributed by atoms with van der Waals surface area (Å²) >= 11 is 0. The van der Waals surface area contributed by atoms with E-state index in [0.29, 0.717) is 20.8 Å². The fraction of sp³-hybridized carbons (Fsp3) is 0.0909. The molecule has 6 aromatic rings.